The van der Waals surface area contributed by atoms with Crippen LogP contribution in [0, 0.1) is 0 Å². The van der Waals surface area contributed by atoms with E-state index >= 15 is 0 Å². The molecule has 0 saturated carbocycles. The van der Waals surface area contributed by atoms with E-state index in [0.717, 1.165) is 24.3 Å². The zero-order valence-electron chi connectivity index (χ0n) is 10.1. The molecule has 0 atom stereocenters. The summed E-state index contributed by atoms with van der Waals surface area (Å²) in [7, 11) is 6.18. The summed E-state index contributed by atoms with van der Waals surface area (Å²) >= 11 is 5.05. The van der Waals surface area contributed by atoms with Crippen molar-refractivity contribution in [1.29, 1.82) is 0 Å². The molecule has 0 aromatic heterocycles. The second-order valence-corrected chi connectivity index (χ2v) is 4.55. The van der Waals surface area contributed by atoms with Crippen LogP contribution in [0.1, 0.15) is 5.56 Å². The summed E-state index contributed by atoms with van der Waals surface area (Å²) in [5, 5.41) is 0. The zero-order chi connectivity index (χ0) is 12.1. The van der Waals surface area contributed by atoms with Crippen LogP contribution < -0.4 is 10.6 Å². The molecule has 3 nitrogen and oxygen atoms in total. The lowest BCUT2D eigenvalue weighted by molar-refractivity contribution is 0.416. The van der Waals surface area contributed by atoms with Crippen molar-refractivity contribution in [1.82, 2.24) is 4.90 Å². The highest BCUT2D eigenvalue weighted by Crippen LogP contribution is 2.18. The van der Waals surface area contributed by atoms with Gasteiger partial charge in [-0.05, 0) is 26.2 Å². The van der Waals surface area contributed by atoms with Gasteiger partial charge in [0.15, 0.2) is 0 Å². The van der Waals surface area contributed by atoms with E-state index in [9.17, 15) is 0 Å². The molecule has 0 bridgehead atoms. The van der Waals surface area contributed by atoms with Gasteiger partial charge < -0.3 is 15.5 Å². The molecule has 0 aliphatic rings. The molecule has 0 amide bonds. The average Bonchev–Trinajstić information content (AvgIpc) is 2.25. The number of nitrogens with zero attached hydrogens (tertiary/aromatic N) is 2. The Labute approximate surface area is 103 Å². The van der Waals surface area contributed by atoms with Crippen LogP contribution in [0.5, 0.6) is 0 Å². The molecule has 0 aliphatic heterocycles. The number of thiocarbonyl (C=S) groups is 1. The number of hydrogen-bond acceptors (Lipinski definition) is 3. The molecule has 0 unspecified atom stereocenters. The first-order chi connectivity index (χ1) is 7.52. The van der Waals surface area contributed by atoms with Gasteiger partial charge in [0, 0.05) is 31.4 Å². The summed E-state index contributed by atoms with van der Waals surface area (Å²) in [6.07, 6.45) is 0. The Morgan fingerprint density at radius 1 is 1.19 bits per heavy atom. The minimum absolute atomic E-state index is 0.451. The van der Waals surface area contributed by atoms with E-state index in [1.54, 1.807) is 0 Å². The molecule has 0 heterocycles. The van der Waals surface area contributed by atoms with Crippen molar-refractivity contribution in [2.75, 3.05) is 39.1 Å². The third-order valence-corrected chi connectivity index (χ3v) is 2.68. The third-order valence-electron chi connectivity index (χ3n) is 2.46. The number of benzene rings is 1. The SMILES string of the molecule is CN(C)CCN(C)c1ccccc1C(N)=S. The number of para-hydroxylation sites is 1. The second-order valence-electron chi connectivity index (χ2n) is 4.11. The van der Waals surface area contributed by atoms with Gasteiger partial charge in [-0.2, -0.15) is 0 Å². The minimum atomic E-state index is 0.451. The molecule has 4 heteroatoms. The molecule has 1 aromatic carbocycles. The maximum Gasteiger partial charge on any atom is 0.106 e. The van der Waals surface area contributed by atoms with Crippen molar-refractivity contribution in [3.63, 3.8) is 0 Å². The number of hydrogen-bond donors (Lipinski definition) is 1. The van der Waals surface area contributed by atoms with Crippen molar-refractivity contribution in [3.05, 3.63) is 29.8 Å². The van der Waals surface area contributed by atoms with Gasteiger partial charge in [-0.3, -0.25) is 0 Å². The second kappa shape index (κ2) is 5.82. The summed E-state index contributed by atoms with van der Waals surface area (Å²) in [5.41, 5.74) is 7.74. The summed E-state index contributed by atoms with van der Waals surface area (Å²) in [6, 6.07) is 7.97. The normalized spacial score (nSPS) is 10.5. The van der Waals surface area contributed by atoms with E-state index in [4.69, 9.17) is 18.0 Å². The molecule has 0 spiro atoms. The first-order valence-corrected chi connectivity index (χ1v) is 5.68. The Morgan fingerprint density at radius 2 is 1.81 bits per heavy atom. The van der Waals surface area contributed by atoms with Crippen molar-refractivity contribution in [2.45, 2.75) is 0 Å². The molecular formula is C12H19N3S. The Morgan fingerprint density at radius 3 is 2.38 bits per heavy atom. The van der Waals surface area contributed by atoms with Crippen LogP contribution in [0.2, 0.25) is 0 Å². The molecular weight excluding hydrogens is 218 g/mol. The number of anilines is 1. The van der Waals surface area contributed by atoms with E-state index in [1.165, 1.54) is 0 Å². The first kappa shape index (κ1) is 12.9. The van der Waals surface area contributed by atoms with Gasteiger partial charge >= 0.3 is 0 Å². The average molecular weight is 237 g/mol. The maximum atomic E-state index is 5.70. The van der Waals surface area contributed by atoms with E-state index in [-0.39, 0.29) is 0 Å². The van der Waals surface area contributed by atoms with Crippen molar-refractivity contribution < 1.29 is 0 Å². The zero-order valence-corrected chi connectivity index (χ0v) is 10.9. The highest BCUT2D eigenvalue weighted by Gasteiger charge is 2.08. The van der Waals surface area contributed by atoms with Crippen LogP contribution in [0.4, 0.5) is 5.69 Å². The summed E-state index contributed by atoms with van der Waals surface area (Å²) in [6.45, 7) is 1.95. The standard InChI is InChI=1S/C12H19N3S/c1-14(2)8-9-15(3)11-7-5-4-6-10(11)12(13)16/h4-7H,8-9H2,1-3H3,(H2,13,16). The van der Waals surface area contributed by atoms with Gasteiger partial charge in [0.05, 0.1) is 0 Å². The maximum absolute atomic E-state index is 5.70. The van der Waals surface area contributed by atoms with E-state index in [0.29, 0.717) is 4.99 Å². The van der Waals surface area contributed by atoms with Crippen LogP contribution in [0.3, 0.4) is 0 Å². The molecule has 0 saturated heterocycles. The summed E-state index contributed by atoms with van der Waals surface area (Å²) in [4.78, 5) is 4.78. The Balaban J connectivity index is 2.82. The van der Waals surface area contributed by atoms with E-state index in [1.807, 2.05) is 24.3 Å². The molecule has 16 heavy (non-hydrogen) atoms. The number of nitrogens with two attached hydrogens (primary N) is 1. The smallest absolute Gasteiger partial charge is 0.106 e. The number of rotatable bonds is 5. The summed E-state index contributed by atoms with van der Waals surface area (Å²) in [5.74, 6) is 0. The van der Waals surface area contributed by atoms with Gasteiger partial charge in [-0.1, -0.05) is 24.4 Å². The quantitative estimate of drug-likeness (QED) is 0.783. The molecule has 88 valence electrons. The van der Waals surface area contributed by atoms with Gasteiger partial charge in [0.2, 0.25) is 0 Å². The predicted molar refractivity (Wildman–Crippen MR) is 74.2 cm³/mol. The molecule has 0 aliphatic carbocycles. The Bertz CT molecular complexity index is 363. The summed E-state index contributed by atoms with van der Waals surface area (Å²) < 4.78 is 0. The largest absolute Gasteiger partial charge is 0.389 e. The van der Waals surface area contributed by atoms with E-state index in [2.05, 4.69) is 30.9 Å². The molecule has 0 fully saturated rings. The van der Waals surface area contributed by atoms with Crippen LogP contribution >= 0.6 is 12.2 Å². The lowest BCUT2D eigenvalue weighted by Crippen LogP contribution is -2.30. The van der Waals surface area contributed by atoms with Gasteiger partial charge in [-0.15, -0.1) is 0 Å². The topological polar surface area (TPSA) is 32.5 Å². The van der Waals surface area contributed by atoms with E-state index < -0.39 is 0 Å². The third kappa shape index (κ3) is 3.47. The highest BCUT2D eigenvalue weighted by atomic mass is 32.1. The first-order valence-electron chi connectivity index (χ1n) is 5.27. The fourth-order valence-electron chi connectivity index (χ4n) is 1.49. The monoisotopic (exact) mass is 237 g/mol. The lowest BCUT2D eigenvalue weighted by Gasteiger charge is -2.23. The molecule has 2 N–H and O–H groups in total. The Hall–Kier alpha value is -1.13. The van der Waals surface area contributed by atoms with Gasteiger partial charge in [0.1, 0.15) is 4.99 Å². The van der Waals surface area contributed by atoms with Gasteiger partial charge in [0.25, 0.3) is 0 Å². The van der Waals surface area contributed by atoms with Crippen LogP contribution in [-0.4, -0.2) is 44.1 Å². The fourth-order valence-corrected chi connectivity index (χ4v) is 1.66. The van der Waals surface area contributed by atoms with Crippen LogP contribution in [-0.2, 0) is 0 Å². The lowest BCUT2D eigenvalue weighted by atomic mass is 10.1. The van der Waals surface area contributed by atoms with Crippen LogP contribution in [0.15, 0.2) is 24.3 Å². The molecule has 1 rings (SSSR count). The van der Waals surface area contributed by atoms with Crippen molar-refractivity contribution >= 4 is 22.9 Å². The van der Waals surface area contributed by atoms with Gasteiger partial charge in [-0.25, -0.2) is 0 Å². The predicted octanol–water partition coefficient (Wildman–Crippen LogP) is 1.32. The fraction of sp³-hybridized carbons (Fsp3) is 0.417. The van der Waals surface area contributed by atoms with Crippen molar-refractivity contribution in [2.24, 2.45) is 5.73 Å². The van der Waals surface area contributed by atoms with Crippen LogP contribution in [0.25, 0.3) is 0 Å². The highest BCUT2D eigenvalue weighted by molar-refractivity contribution is 7.80. The molecule has 0 radical (unpaired) electrons. The van der Waals surface area contributed by atoms with Crippen molar-refractivity contribution in [3.8, 4) is 0 Å². The Kier molecular flexibility index (Phi) is 4.71. The molecule has 1 aromatic rings. The minimum Gasteiger partial charge on any atom is -0.389 e. The number of likely N-dealkylation sites (N-methyl/N-ethyl adjacent to an activating group) is 2.